The molecule has 0 radical (unpaired) electrons. The van der Waals surface area contributed by atoms with Gasteiger partial charge in [-0.15, -0.1) is 11.3 Å². The fraction of sp³-hybridized carbons (Fsp3) is 0.389. The highest BCUT2D eigenvalue weighted by Crippen LogP contribution is 2.26. The van der Waals surface area contributed by atoms with Crippen molar-refractivity contribution < 1.29 is 18.7 Å². The first-order chi connectivity index (χ1) is 12.5. The number of ketones is 1. The van der Waals surface area contributed by atoms with Crippen LogP contribution in [0.5, 0.6) is 5.75 Å². The van der Waals surface area contributed by atoms with Gasteiger partial charge in [0.15, 0.2) is 17.3 Å². The minimum atomic E-state index is -0.561. The van der Waals surface area contributed by atoms with Gasteiger partial charge in [-0.25, -0.2) is 9.37 Å². The van der Waals surface area contributed by atoms with Gasteiger partial charge in [-0.05, 0) is 37.3 Å². The molecule has 138 valence electrons. The Kier molecular flexibility index (Phi) is 5.93. The second-order valence-corrected chi connectivity index (χ2v) is 7.92. The smallest absolute Gasteiger partial charge is 0.273 e. The number of carbonyl (C=O) groups is 2. The summed E-state index contributed by atoms with van der Waals surface area (Å²) >= 11 is 2.93. The highest BCUT2D eigenvalue weighted by molar-refractivity contribution is 8.00. The van der Waals surface area contributed by atoms with Crippen LogP contribution in [0.2, 0.25) is 0 Å². The summed E-state index contributed by atoms with van der Waals surface area (Å²) in [5.41, 5.74) is 0.726. The molecule has 1 aromatic heterocycles. The van der Waals surface area contributed by atoms with Crippen molar-refractivity contribution in [2.45, 2.75) is 17.2 Å². The number of rotatable bonds is 5. The number of ether oxygens (including phenoxy) is 1. The van der Waals surface area contributed by atoms with E-state index in [4.69, 9.17) is 4.74 Å². The Morgan fingerprint density at radius 3 is 2.88 bits per heavy atom. The van der Waals surface area contributed by atoms with Crippen LogP contribution in [-0.4, -0.2) is 48.0 Å². The van der Waals surface area contributed by atoms with Gasteiger partial charge in [-0.2, -0.15) is 0 Å². The Hall–Kier alpha value is -1.93. The van der Waals surface area contributed by atoms with Crippen LogP contribution < -0.4 is 4.74 Å². The standard InChI is InChI=1S/C18H19FN2O3S2/c1-24-15-6-5-11(8-13(15)19)16(22)12-4-3-7-21(9-12)17(23)14-10-26-18(20-14)25-2/h5-6,8,10,12H,3-4,7,9H2,1-2H3/t12-/m0/s1. The molecule has 1 atom stereocenters. The number of amides is 1. The van der Waals surface area contributed by atoms with Crippen molar-refractivity contribution in [3.63, 3.8) is 0 Å². The Balaban J connectivity index is 1.72. The van der Waals surface area contributed by atoms with E-state index in [1.807, 2.05) is 6.26 Å². The summed E-state index contributed by atoms with van der Waals surface area (Å²) in [6.07, 6.45) is 3.33. The summed E-state index contributed by atoms with van der Waals surface area (Å²) in [5.74, 6) is -1.09. The molecule has 2 aromatic rings. The lowest BCUT2D eigenvalue weighted by Crippen LogP contribution is -2.42. The summed E-state index contributed by atoms with van der Waals surface area (Å²) in [4.78, 5) is 31.4. The number of thioether (sulfide) groups is 1. The fourth-order valence-corrected chi connectivity index (χ4v) is 4.28. The number of nitrogens with zero attached hydrogens (tertiary/aromatic N) is 2. The molecule has 26 heavy (non-hydrogen) atoms. The van der Waals surface area contributed by atoms with Crippen LogP contribution in [0, 0.1) is 11.7 Å². The van der Waals surface area contributed by atoms with Crippen LogP contribution in [0.25, 0.3) is 0 Å². The van der Waals surface area contributed by atoms with E-state index in [9.17, 15) is 14.0 Å². The maximum absolute atomic E-state index is 13.9. The molecule has 5 nitrogen and oxygen atoms in total. The van der Waals surface area contributed by atoms with Gasteiger partial charge < -0.3 is 9.64 Å². The Bertz CT molecular complexity index is 825. The van der Waals surface area contributed by atoms with Crippen molar-refractivity contribution >= 4 is 34.8 Å². The summed E-state index contributed by atoms with van der Waals surface area (Å²) in [5, 5.41) is 1.75. The van der Waals surface area contributed by atoms with Crippen LogP contribution in [0.15, 0.2) is 27.9 Å². The van der Waals surface area contributed by atoms with Gasteiger partial charge in [0.2, 0.25) is 0 Å². The van der Waals surface area contributed by atoms with Gasteiger partial charge in [0, 0.05) is 30.0 Å². The molecular formula is C18H19FN2O3S2. The molecule has 1 fully saturated rings. The predicted octanol–water partition coefficient (Wildman–Crippen LogP) is 3.75. The van der Waals surface area contributed by atoms with Gasteiger partial charge in [-0.1, -0.05) is 11.8 Å². The Morgan fingerprint density at radius 1 is 1.42 bits per heavy atom. The van der Waals surface area contributed by atoms with E-state index in [1.54, 1.807) is 16.3 Å². The molecule has 1 aromatic carbocycles. The average molecular weight is 394 g/mol. The molecule has 1 amide bonds. The number of thiazole rings is 1. The van der Waals surface area contributed by atoms with Crippen molar-refractivity contribution in [1.29, 1.82) is 0 Å². The van der Waals surface area contributed by atoms with Gasteiger partial charge in [0.05, 0.1) is 7.11 Å². The molecule has 8 heteroatoms. The molecule has 0 N–H and O–H groups in total. The largest absolute Gasteiger partial charge is 0.494 e. The summed E-state index contributed by atoms with van der Waals surface area (Å²) in [6.45, 7) is 0.934. The molecular weight excluding hydrogens is 375 g/mol. The lowest BCUT2D eigenvalue weighted by atomic mass is 9.89. The minimum Gasteiger partial charge on any atom is -0.494 e. The zero-order chi connectivity index (χ0) is 18.7. The first-order valence-corrected chi connectivity index (χ1v) is 10.3. The van der Waals surface area contributed by atoms with E-state index < -0.39 is 5.82 Å². The maximum Gasteiger partial charge on any atom is 0.273 e. The number of likely N-dealkylation sites (tertiary alicyclic amines) is 1. The normalized spacial score (nSPS) is 17.2. The van der Waals surface area contributed by atoms with E-state index in [0.717, 1.165) is 10.8 Å². The third-order valence-electron chi connectivity index (χ3n) is 4.39. The first-order valence-electron chi connectivity index (χ1n) is 8.20. The van der Waals surface area contributed by atoms with Gasteiger partial charge >= 0.3 is 0 Å². The number of piperidine rings is 1. The number of halogens is 1. The minimum absolute atomic E-state index is 0.107. The molecule has 1 saturated heterocycles. The van der Waals surface area contributed by atoms with Gasteiger partial charge in [-0.3, -0.25) is 9.59 Å². The molecule has 3 rings (SSSR count). The lowest BCUT2D eigenvalue weighted by molar-refractivity contribution is 0.0632. The second-order valence-electron chi connectivity index (χ2n) is 6.01. The Morgan fingerprint density at radius 2 is 2.23 bits per heavy atom. The topological polar surface area (TPSA) is 59.5 Å². The highest BCUT2D eigenvalue weighted by Gasteiger charge is 2.30. The van der Waals surface area contributed by atoms with E-state index in [1.165, 1.54) is 42.3 Å². The zero-order valence-electron chi connectivity index (χ0n) is 14.5. The molecule has 0 spiro atoms. The van der Waals surface area contributed by atoms with Crippen molar-refractivity contribution in [2.24, 2.45) is 5.92 Å². The summed E-state index contributed by atoms with van der Waals surface area (Å²) in [6, 6.07) is 4.22. The number of methoxy groups -OCH3 is 1. The maximum atomic E-state index is 13.9. The van der Waals surface area contributed by atoms with Crippen molar-refractivity contribution in [3.05, 3.63) is 40.7 Å². The third-order valence-corrected chi connectivity index (χ3v) is 6.26. The van der Waals surface area contributed by atoms with Crippen LogP contribution in [-0.2, 0) is 0 Å². The molecule has 0 unspecified atom stereocenters. The SMILES string of the molecule is COc1ccc(C(=O)[C@H]2CCCN(C(=O)c3csc(SC)n3)C2)cc1F. The van der Waals surface area contributed by atoms with Gasteiger partial charge in [0.1, 0.15) is 10.0 Å². The fourth-order valence-electron chi connectivity index (χ4n) is 3.04. The first kappa shape index (κ1) is 18.8. The van der Waals surface area contributed by atoms with Crippen LogP contribution in [0.3, 0.4) is 0 Å². The molecule has 0 bridgehead atoms. The monoisotopic (exact) mass is 394 g/mol. The van der Waals surface area contributed by atoms with E-state index in [0.29, 0.717) is 30.8 Å². The number of hydrogen-bond donors (Lipinski definition) is 0. The number of hydrogen-bond acceptors (Lipinski definition) is 6. The second kappa shape index (κ2) is 8.18. The van der Waals surface area contributed by atoms with Gasteiger partial charge in [0.25, 0.3) is 5.91 Å². The summed E-state index contributed by atoms with van der Waals surface area (Å²) < 4.78 is 19.6. The zero-order valence-corrected chi connectivity index (χ0v) is 16.2. The number of benzene rings is 1. The third kappa shape index (κ3) is 3.91. The molecule has 1 aliphatic heterocycles. The van der Waals surface area contributed by atoms with E-state index in [2.05, 4.69) is 4.98 Å². The number of Topliss-reactive ketones (excluding diaryl/α,β-unsaturated/α-hetero) is 1. The summed E-state index contributed by atoms with van der Waals surface area (Å²) in [7, 11) is 1.38. The number of aromatic nitrogens is 1. The van der Waals surface area contributed by atoms with Crippen molar-refractivity contribution in [2.75, 3.05) is 26.5 Å². The molecule has 1 aliphatic rings. The molecule has 0 saturated carbocycles. The van der Waals surface area contributed by atoms with E-state index in [-0.39, 0.29) is 23.4 Å². The van der Waals surface area contributed by atoms with Crippen molar-refractivity contribution in [3.8, 4) is 5.75 Å². The molecule has 0 aliphatic carbocycles. The highest BCUT2D eigenvalue weighted by atomic mass is 32.2. The number of carbonyl (C=O) groups excluding carboxylic acids is 2. The predicted molar refractivity (Wildman–Crippen MR) is 99.8 cm³/mol. The molecule has 2 heterocycles. The van der Waals surface area contributed by atoms with Crippen molar-refractivity contribution in [1.82, 2.24) is 9.88 Å². The Labute approximate surface area is 159 Å². The average Bonchev–Trinajstić information content (AvgIpc) is 3.16. The van der Waals surface area contributed by atoms with E-state index >= 15 is 0 Å². The van der Waals surface area contributed by atoms with Crippen LogP contribution in [0.4, 0.5) is 4.39 Å². The van der Waals surface area contributed by atoms with Crippen LogP contribution >= 0.6 is 23.1 Å². The van der Waals surface area contributed by atoms with Crippen LogP contribution in [0.1, 0.15) is 33.7 Å². The quantitative estimate of drug-likeness (QED) is 0.571. The lowest BCUT2D eigenvalue weighted by Gasteiger charge is -2.31.